The molecule has 6 heteroatoms. The number of benzene rings is 2. The molecule has 3 rings (SSSR count). The first-order valence-electron chi connectivity index (χ1n) is 10.6. The summed E-state index contributed by atoms with van der Waals surface area (Å²) >= 11 is 0. The number of carbonyl (C=O) groups is 3. The van der Waals surface area contributed by atoms with E-state index in [1.807, 2.05) is 57.2 Å². The monoisotopic (exact) mass is 423 g/mol. The molecule has 0 bridgehead atoms. The fraction of sp³-hybridized carbons (Fsp3) is 0.400. The molecule has 1 aliphatic rings. The summed E-state index contributed by atoms with van der Waals surface area (Å²) in [6.45, 7) is 7.75. The van der Waals surface area contributed by atoms with Crippen LogP contribution in [-0.4, -0.2) is 36.6 Å². The molecule has 1 heterocycles. The van der Waals surface area contributed by atoms with Gasteiger partial charge in [-0.15, -0.1) is 0 Å². The van der Waals surface area contributed by atoms with Gasteiger partial charge in [0.25, 0.3) is 5.91 Å². The smallest absolute Gasteiger partial charge is 0.307 e. The van der Waals surface area contributed by atoms with Gasteiger partial charge < -0.3 is 14.4 Å². The number of esters is 2. The van der Waals surface area contributed by atoms with E-state index in [4.69, 9.17) is 9.47 Å². The zero-order valence-corrected chi connectivity index (χ0v) is 18.5. The van der Waals surface area contributed by atoms with Crippen molar-refractivity contribution in [2.75, 3.05) is 18.1 Å². The Morgan fingerprint density at radius 3 is 2.29 bits per heavy atom. The van der Waals surface area contributed by atoms with Crippen LogP contribution in [0.4, 0.5) is 5.69 Å². The summed E-state index contributed by atoms with van der Waals surface area (Å²) in [6.07, 6.45) is 0.205. The Kier molecular flexibility index (Phi) is 6.78. The summed E-state index contributed by atoms with van der Waals surface area (Å²) in [7, 11) is 0. The van der Waals surface area contributed by atoms with E-state index in [-0.39, 0.29) is 43.2 Å². The van der Waals surface area contributed by atoms with Crippen molar-refractivity contribution in [3.05, 3.63) is 65.2 Å². The first kappa shape index (κ1) is 22.5. The van der Waals surface area contributed by atoms with E-state index in [0.29, 0.717) is 17.9 Å². The summed E-state index contributed by atoms with van der Waals surface area (Å²) < 4.78 is 10.6. The number of rotatable bonds is 6. The van der Waals surface area contributed by atoms with Gasteiger partial charge >= 0.3 is 11.9 Å². The van der Waals surface area contributed by atoms with Gasteiger partial charge in [0.1, 0.15) is 5.60 Å². The van der Waals surface area contributed by atoms with Gasteiger partial charge in [-0.3, -0.25) is 14.4 Å². The van der Waals surface area contributed by atoms with Crippen LogP contribution in [0.3, 0.4) is 0 Å². The number of hydrogen-bond acceptors (Lipinski definition) is 5. The molecule has 1 amide bonds. The second kappa shape index (κ2) is 9.33. The molecule has 2 aromatic rings. The van der Waals surface area contributed by atoms with Gasteiger partial charge in [0.05, 0.1) is 19.4 Å². The van der Waals surface area contributed by atoms with E-state index in [1.54, 1.807) is 24.0 Å². The predicted octanol–water partition coefficient (Wildman–Crippen LogP) is 4.46. The van der Waals surface area contributed by atoms with Crippen molar-refractivity contribution in [3.8, 4) is 0 Å². The number of ether oxygens (including phenoxy) is 2. The maximum Gasteiger partial charge on any atom is 0.307 e. The lowest BCUT2D eigenvalue weighted by atomic mass is 9.86. The molecule has 0 aromatic heterocycles. The molecule has 1 aliphatic heterocycles. The van der Waals surface area contributed by atoms with Crippen molar-refractivity contribution in [3.63, 3.8) is 0 Å². The Morgan fingerprint density at radius 2 is 1.61 bits per heavy atom. The number of para-hydroxylation sites is 1. The molecule has 0 spiro atoms. The summed E-state index contributed by atoms with van der Waals surface area (Å²) in [5, 5.41) is 0. The van der Waals surface area contributed by atoms with Crippen molar-refractivity contribution in [1.29, 1.82) is 0 Å². The third-order valence-corrected chi connectivity index (χ3v) is 5.05. The maximum absolute atomic E-state index is 13.5. The second-order valence-electron chi connectivity index (χ2n) is 8.50. The molecule has 0 saturated carbocycles. The summed E-state index contributed by atoms with van der Waals surface area (Å²) in [5.74, 6) is -1.21. The number of nitrogens with zero attached hydrogens (tertiary/aromatic N) is 1. The average molecular weight is 424 g/mol. The van der Waals surface area contributed by atoms with Crippen molar-refractivity contribution in [1.82, 2.24) is 0 Å². The molecule has 31 heavy (non-hydrogen) atoms. The topological polar surface area (TPSA) is 72.9 Å². The Morgan fingerprint density at radius 1 is 0.968 bits per heavy atom. The average Bonchev–Trinajstić information content (AvgIpc) is 2.80. The summed E-state index contributed by atoms with van der Waals surface area (Å²) in [6, 6.07) is 14.8. The zero-order valence-electron chi connectivity index (χ0n) is 18.5. The SMILES string of the molecule is CCOC(=O)CCN1C(=O)c2ccccc2C(CC(=O)OC(C)(C)C)c2ccccc21. The van der Waals surface area contributed by atoms with E-state index in [9.17, 15) is 14.4 Å². The highest BCUT2D eigenvalue weighted by molar-refractivity contribution is 6.09. The van der Waals surface area contributed by atoms with Gasteiger partial charge in [-0.25, -0.2) is 0 Å². The molecule has 0 aliphatic carbocycles. The number of anilines is 1. The largest absolute Gasteiger partial charge is 0.466 e. The van der Waals surface area contributed by atoms with Crippen LogP contribution in [0, 0.1) is 0 Å². The molecule has 0 N–H and O–H groups in total. The molecule has 2 aromatic carbocycles. The minimum absolute atomic E-state index is 0.0901. The first-order valence-corrected chi connectivity index (χ1v) is 10.6. The van der Waals surface area contributed by atoms with Crippen LogP contribution in [0.25, 0.3) is 0 Å². The minimum Gasteiger partial charge on any atom is -0.466 e. The van der Waals surface area contributed by atoms with Gasteiger partial charge in [-0.05, 0) is 51.0 Å². The quantitative estimate of drug-likeness (QED) is 0.641. The first-order chi connectivity index (χ1) is 14.7. The number of amides is 1. The van der Waals surface area contributed by atoms with Gasteiger partial charge in [0.2, 0.25) is 0 Å². The van der Waals surface area contributed by atoms with Crippen LogP contribution < -0.4 is 4.90 Å². The Labute approximate surface area is 183 Å². The summed E-state index contributed by atoms with van der Waals surface area (Å²) in [5.41, 5.74) is 2.26. The standard InChI is InChI=1S/C25H29NO5/c1-5-30-22(27)14-15-26-21-13-9-8-11-18(21)20(16-23(28)31-25(2,3)4)17-10-6-7-12-19(17)24(26)29/h6-13,20H,5,14-16H2,1-4H3. The molecule has 0 radical (unpaired) electrons. The van der Waals surface area contributed by atoms with E-state index >= 15 is 0 Å². The predicted molar refractivity (Wildman–Crippen MR) is 118 cm³/mol. The van der Waals surface area contributed by atoms with E-state index in [1.165, 1.54) is 0 Å². The minimum atomic E-state index is -0.595. The van der Waals surface area contributed by atoms with Crippen LogP contribution in [-0.2, 0) is 19.1 Å². The fourth-order valence-corrected chi connectivity index (χ4v) is 3.87. The zero-order chi connectivity index (χ0) is 22.6. The third kappa shape index (κ3) is 5.32. The van der Waals surface area contributed by atoms with E-state index < -0.39 is 5.60 Å². The number of hydrogen-bond donors (Lipinski definition) is 0. The van der Waals surface area contributed by atoms with Gasteiger partial charge in [-0.2, -0.15) is 0 Å². The lowest BCUT2D eigenvalue weighted by Gasteiger charge is -2.25. The number of fused-ring (bicyclic) bond motifs is 2. The van der Waals surface area contributed by atoms with Crippen molar-refractivity contribution >= 4 is 23.5 Å². The maximum atomic E-state index is 13.5. The van der Waals surface area contributed by atoms with Crippen LogP contribution in [0.15, 0.2) is 48.5 Å². The summed E-state index contributed by atoms with van der Waals surface area (Å²) in [4.78, 5) is 39.8. The fourth-order valence-electron chi connectivity index (χ4n) is 3.87. The molecule has 1 atom stereocenters. The van der Waals surface area contributed by atoms with Crippen LogP contribution in [0.5, 0.6) is 0 Å². The molecular formula is C25H29NO5. The highest BCUT2D eigenvalue weighted by atomic mass is 16.6. The number of carbonyl (C=O) groups excluding carboxylic acids is 3. The van der Waals surface area contributed by atoms with E-state index in [2.05, 4.69) is 0 Å². The molecule has 0 fully saturated rings. The second-order valence-corrected chi connectivity index (χ2v) is 8.50. The molecular weight excluding hydrogens is 394 g/mol. The van der Waals surface area contributed by atoms with Gasteiger partial charge in [-0.1, -0.05) is 36.4 Å². The molecule has 0 saturated heterocycles. The molecule has 1 unspecified atom stereocenters. The lowest BCUT2D eigenvalue weighted by molar-refractivity contribution is -0.155. The van der Waals surface area contributed by atoms with Crippen molar-refractivity contribution in [2.45, 2.75) is 52.1 Å². The Bertz CT molecular complexity index is 976. The van der Waals surface area contributed by atoms with Crippen molar-refractivity contribution < 1.29 is 23.9 Å². The van der Waals surface area contributed by atoms with Crippen LogP contribution in [0.1, 0.15) is 67.9 Å². The van der Waals surface area contributed by atoms with E-state index in [0.717, 1.165) is 11.1 Å². The highest BCUT2D eigenvalue weighted by Gasteiger charge is 2.34. The Balaban J connectivity index is 2.04. The third-order valence-electron chi connectivity index (χ3n) is 5.05. The van der Waals surface area contributed by atoms with Crippen LogP contribution >= 0.6 is 0 Å². The molecule has 164 valence electrons. The van der Waals surface area contributed by atoms with Crippen LogP contribution in [0.2, 0.25) is 0 Å². The highest BCUT2D eigenvalue weighted by Crippen LogP contribution is 2.40. The van der Waals surface area contributed by atoms with Gasteiger partial charge in [0, 0.05) is 23.7 Å². The van der Waals surface area contributed by atoms with Gasteiger partial charge in [0.15, 0.2) is 0 Å². The van der Waals surface area contributed by atoms with Crippen molar-refractivity contribution in [2.24, 2.45) is 0 Å². The normalized spacial score (nSPS) is 15.5. The molecule has 6 nitrogen and oxygen atoms in total. The lowest BCUT2D eigenvalue weighted by Crippen LogP contribution is -2.33. The Hall–Kier alpha value is -3.15.